The summed E-state index contributed by atoms with van der Waals surface area (Å²) in [4.78, 5) is 15.1. The van der Waals surface area contributed by atoms with Gasteiger partial charge in [-0.1, -0.05) is 47.6 Å². The van der Waals surface area contributed by atoms with E-state index in [0.29, 0.717) is 16.9 Å². The lowest BCUT2D eigenvalue weighted by atomic mass is 10.0. The molecule has 0 aromatic heterocycles. The Kier molecular flexibility index (Phi) is 6.92. The number of ether oxygens (including phenoxy) is 1. The van der Waals surface area contributed by atoms with Crippen molar-refractivity contribution in [2.75, 3.05) is 6.61 Å². The summed E-state index contributed by atoms with van der Waals surface area (Å²) in [7, 11) is 0. The predicted molar refractivity (Wildman–Crippen MR) is 109 cm³/mol. The highest BCUT2D eigenvalue weighted by molar-refractivity contribution is 5.82. The Balaban J connectivity index is 1.69. The van der Waals surface area contributed by atoms with Crippen molar-refractivity contribution in [3.8, 4) is 16.9 Å². The van der Waals surface area contributed by atoms with E-state index in [1.54, 1.807) is 30.3 Å². The number of hydrogen-bond acceptors (Lipinski definition) is 4. The fourth-order valence-electron chi connectivity index (χ4n) is 2.76. The molecule has 160 valence electrons. The lowest BCUT2D eigenvalue weighted by Gasteiger charge is -2.11. The van der Waals surface area contributed by atoms with Crippen LogP contribution in [-0.4, -0.2) is 23.9 Å². The van der Waals surface area contributed by atoms with Crippen LogP contribution < -0.4 is 4.74 Å². The molecule has 0 saturated carbocycles. The molecule has 0 spiro atoms. The number of aliphatic carboxylic acids is 1. The first kappa shape index (κ1) is 21.9. The Hall–Kier alpha value is -3.81. The van der Waals surface area contributed by atoms with Crippen LogP contribution in [0.5, 0.6) is 5.75 Å². The van der Waals surface area contributed by atoms with Crippen molar-refractivity contribution < 1.29 is 32.6 Å². The predicted octanol–water partition coefficient (Wildman–Crippen LogP) is 5.39. The highest BCUT2D eigenvalue weighted by Gasteiger charge is 2.30. The minimum Gasteiger partial charge on any atom is -0.489 e. The number of benzene rings is 3. The third-order valence-corrected chi connectivity index (χ3v) is 4.18. The molecule has 31 heavy (non-hydrogen) atoms. The number of carboxylic acids is 1. The van der Waals surface area contributed by atoms with Gasteiger partial charge in [-0.3, -0.25) is 0 Å². The highest BCUT2D eigenvalue weighted by atomic mass is 19.4. The van der Waals surface area contributed by atoms with E-state index < -0.39 is 24.3 Å². The molecule has 0 aliphatic carbocycles. The van der Waals surface area contributed by atoms with Gasteiger partial charge in [-0.05, 0) is 52.6 Å². The number of oxime groups is 1. The van der Waals surface area contributed by atoms with E-state index >= 15 is 0 Å². The number of alkyl halides is 3. The second kappa shape index (κ2) is 9.80. The fourth-order valence-corrected chi connectivity index (χ4v) is 2.76. The summed E-state index contributed by atoms with van der Waals surface area (Å²) in [6, 6.07) is 19.5. The van der Waals surface area contributed by atoms with Crippen molar-refractivity contribution in [3.05, 3.63) is 89.5 Å². The van der Waals surface area contributed by atoms with Gasteiger partial charge in [-0.25, -0.2) is 4.79 Å². The Morgan fingerprint density at radius 3 is 2.42 bits per heavy atom. The molecule has 0 fully saturated rings. The van der Waals surface area contributed by atoms with Gasteiger partial charge >= 0.3 is 12.1 Å². The van der Waals surface area contributed by atoms with E-state index in [2.05, 4.69) is 9.99 Å². The molecule has 3 aromatic carbocycles. The van der Waals surface area contributed by atoms with Gasteiger partial charge in [0.1, 0.15) is 12.4 Å². The third-order valence-electron chi connectivity index (χ3n) is 4.18. The molecule has 1 N–H and O–H groups in total. The van der Waals surface area contributed by atoms with Gasteiger partial charge < -0.3 is 14.7 Å². The molecule has 0 saturated heterocycles. The summed E-state index contributed by atoms with van der Waals surface area (Å²) in [5.74, 6) is -0.605. The first-order valence-corrected chi connectivity index (χ1v) is 9.18. The number of hydrogen-bond donors (Lipinski definition) is 1. The summed E-state index contributed by atoms with van der Waals surface area (Å²) < 4.78 is 44.2. The van der Waals surface area contributed by atoms with Crippen LogP contribution in [0.1, 0.15) is 16.7 Å². The van der Waals surface area contributed by atoms with Gasteiger partial charge in [0.25, 0.3) is 0 Å². The first-order chi connectivity index (χ1) is 14.8. The van der Waals surface area contributed by atoms with E-state index in [-0.39, 0.29) is 6.61 Å². The summed E-state index contributed by atoms with van der Waals surface area (Å²) in [6.07, 6.45) is -3.00. The van der Waals surface area contributed by atoms with Crippen LogP contribution in [-0.2, 0) is 22.4 Å². The minimum atomic E-state index is -4.40. The molecule has 8 heteroatoms. The summed E-state index contributed by atoms with van der Waals surface area (Å²) in [5, 5.41) is 12.1. The van der Waals surface area contributed by atoms with E-state index in [0.717, 1.165) is 23.3 Å². The zero-order valence-corrected chi connectivity index (χ0v) is 16.2. The van der Waals surface area contributed by atoms with E-state index in [4.69, 9.17) is 9.84 Å². The fraction of sp³-hybridized carbons (Fsp3) is 0.130. The van der Waals surface area contributed by atoms with E-state index in [1.165, 1.54) is 12.3 Å². The van der Waals surface area contributed by atoms with Crippen LogP contribution in [0.25, 0.3) is 11.1 Å². The molecule has 3 rings (SSSR count). The van der Waals surface area contributed by atoms with Crippen molar-refractivity contribution in [2.45, 2.75) is 12.8 Å². The molecule has 3 aromatic rings. The molecule has 0 aliphatic rings. The standard InChI is InChI=1S/C23H18F3NO4/c24-23(25,26)20-8-2-5-17(11-20)14-30-21-9-3-7-19(12-21)18-6-1-4-16(10-18)13-27-31-15-22(28)29/h1-13H,14-15H2,(H,28,29)/b27-13+. The van der Waals surface area contributed by atoms with Crippen molar-refractivity contribution in [3.63, 3.8) is 0 Å². The maximum Gasteiger partial charge on any atom is 0.416 e. The lowest BCUT2D eigenvalue weighted by molar-refractivity contribution is -0.142. The quantitative estimate of drug-likeness (QED) is 0.385. The molecule has 0 atom stereocenters. The zero-order valence-electron chi connectivity index (χ0n) is 16.2. The van der Waals surface area contributed by atoms with E-state index in [9.17, 15) is 18.0 Å². The Morgan fingerprint density at radius 1 is 0.968 bits per heavy atom. The summed E-state index contributed by atoms with van der Waals surface area (Å²) in [6.45, 7) is -0.525. The van der Waals surface area contributed by atoms with Crippen molar-refractivity contribution in [2.24, 2.45) is 5.16 Å². The maximum absolute atomic E-state index is 12.9. The number of rotatable bonds is 8. The summed E-state index contributed by atoms with van der Waals surface area (Å²) >= 11 is 0. The average molecular weight is 429 g/mol. The van der Waals surface area contributed by atoms with E-state index in [1.807, 2.05) is 24.3 Å². The van der Waals surface area contributed by atoms with Crippen LogP contribution in [0, 0.1) is 0 Å². The largest absolute Gasteiger partial charge is 0.489 e. The van der Waals surface area contributed by atoms with Gasteiger partial charge in [-0.15, -0.1) is 0 Å². The normalized spacial score (nSPS) is 11.5. The highest BCUT2D eigenvalue weighted by Crippen LogP contribution is 2.30. The van der Waals surface area contributed by atoms with Crippen LogP contribution in [0.15, 0.2) is 78.0 Å². The topological polar surface area (TPSA) is 68.1 Å². The van der Waals surface area contributed by atoms with Gasteiger partial charge in [0, 0.05) is 0 Å². The van der Waals surface area contributed by atoms with Crippen LogP contribution >= 0.6 is 0 Å². The van der Waals surface area contributed by atoms with Gasteiger partial charge in [0.15, 0.2) is 0 Å². The molecule has 0 aliphatic heterocycles. The average Bonchev–Trinajstić information content (AvgIpc) is 2.75. The van der Waals surface area contributed by atoms with Crippen molar-refractivity contribution in [1.29, 1.82) is 0 Å². The summed E-state index contributed by atoms with van der Waals surface area (Å²) in [5.41, 5.74) is 2.10. The number of nitrogens with zero attached hydrogens (tertiary/aromatic N) is 1. The molecule has 0 unspecified atom stereocenters. The Labute approximate surface area is 176 Å². The second-order valence-electron chi connectivity index (χ2n) is 6.54. The van der Waals surface area contributed by atoms with Gasteiger partial charge in [-0.2, -0.15) is 13.2 Å². The Morgan fingerprint density at radius 2 is 1.68 bits per heavy atom. The minimum absolute atomic E-state index is 0.000979. The molecule has 0 amide bonds. The smallest absolute Gasteiger partial charge is 0.416 e. The number of carboxylic acid groups (broad SMARTS) is 1. The zero-order chi connectivity index (χ0) is 22.3. The van der Waals surface area contributed by atoms with Gasteiger partial charge in [0.05, 0.1) is 11.8 Å². The van der Waals surface area contributed by atoms with Crippen LogP contribution in [0.4, 0.5) is 13.2 Å². The molecule has 0 heterocycles. The third kappa shape index (κ3) is 6.60. The molecular formula is C23H18F3NO4. The van der Waals surface area contributed by atoms with Crippen molar-refractivity contribution in [1.82, 2.24) is 0 Å². The number of carbonyl (C=O) groups is 1. The molecule has 0 bridgehead atoms. The molecule has 5 nitrogen and oxygen atoms in total. The molecular weight excluding hydrogens is 411 g/mol. The first-order valence-electron chi connectivity index (χ1n) is 9.18. The molecule has 0 radical (unpaired) electrons. The van der Waals surface area contributed by atoms with Gasteiger partial charge in [0.2, 0.25) is 6.61 Å². The SMILES string of the molecule is O=C(O)CO/N=C/c1cccc(-c2cccc(OCc3cccc(C(F)(F)F)c3)c2)c1. The number of halogens is 3. The van der Waals surface area contributed by atoms with Crippen LogP contribution in [0.3, 0.4) is 0 Å². The lowest BCUT2D eigenvalue weighted by Crippen LogP contribution is -2.06. The Bertz CT molecular complexity index is 1080. The second-order valence-corrected chi connectivity index (χ2v) is 6.54. The van der Waals surface area contributed by atoms with Crippen molar-refractivity contribution >= 4 is 12.2 Å². The monoisotopic (exact) mass is 429 g/mol. The maximum atomic E-state index is 12.9. The van der Waals surface area contributed by atoms with Crippen LogP contribution in [0.2, 0.25) is 0 Å².